The molecule has 1 saturated carbocycles. The zero-order valence-corrected chi connectivity index (χ0v) is 28.3. The Morgan fingerprint density at radius 3 is 2.21 bits per heavy atom. The molecule has 3 aliphatic heterocycles. The number of hydrogen-bond acceptors (Lipinski definition) is 5. The first-order chi connectivity index (χ1) is 20.4. The summed E-state index contributed by atoms with van der Waals surface area (Å²) < 4.78 is 0. The van der Waals surface area contributed by atoms with Crippen molar-refractivity contribution in [2.75, 3.05) is 32.7 Å². The second-order valence-corrected chi connectivity index (χ2v) is 15.9. The normalized spacial score (nSPS) is 29.8. The van der Waals surface area contributed by atoms with Gasteiger partial charge < -0.3 is 20.4 Å². The molecule has 1 aliphatic carbocycles. The van der Waals surface area contributed by atoms with E-state index in [0.29, 0.717) is 47.3 Å². The number of likely N-dealkylation sites (tertiary alicyclic amines) is 1. The molecule has 3 N–H and O–H groups in total. The van der Waals surface area contributed by atoms with Crippen LogP contribution in [-0.2, 0) is 6.42 Å². The Hall–Kier alpha value is -2.28. The molecular weight excluding hydrogens is 530 g/mol. The molecule has 3 heterocycles. The van der Waals surface area contributed by atoms with Crippen LogP contribution in [-0.4, -0.2) is 88.5 Å². The lowest BCUT2D eigenvalue weighted by Gasteiger charge is -2.42. The zero-order valence-electron chi connectivity index (χ0n) is 28.3. The lowest BCUT2D eigenvalue weighted by atomic mass is 9.70. The van der Waals surface area contributed by atoms with E-state index in [2.05, 4.69) is 103 Å². The van der Waals surface area contributed by atoms with Gasteiger partial charge in [0.05, 0.1) is 24.8 Å². The van der Waals surface area contributed by atoms with Gasteiger partial charge in [0.1, 0.15) is 0 Å². The number of benzene rings is 1. The van der Waals surface area contributed by atoms with Crippen molar-refractivity contribution in [2.24, 2.45) is 39.8 Å². The van der Waals surface area contributed by atoms with Crippen molar-refractivity contribution in [3.05, 3.63) is 35.9 Å². The summed E-state index contributed by atoms with van der Waals surface area (Å²) in [5.41, 5.74) is 8.23. The fourth-order valence-electron chi connectivity index (χ4n) is 8.50. The van der Waals surface area contributed by atoms with Gasteiger partial charge >= 0.3 is 0 Å². The predicted molar refractivity (Wildman–Crippen MR) is 180 cm³/mol. The summed E-state index contributed by atoms with van der Waals surface area (Å²) in [6.45, 7) is 21.3. The zero-order chi connectivity index (χ0) is 30.9. The highest BCUT2D eigenvalue weighted by atomic mass is 15.5. The highest BCUT2D eigenvalue weighted by Gasteiger charge is 2.45. The Morgan fingerprint density at radius 1 is 0.907 bits per heavy atom. The number of guanidine groups is 2. The van der Waals surface area contributed by atoms with E-state index in [4.69, 9.17) is 5.73 Å². The van der Waals surface area contributed by atoms with Gasteiger partial charge in [-0.15, -0.1) is 0 Å². The molecule has 0 amide bonds. The number of nitrogens with zero attached hydrogens (tertiary/aromatic N) is 5. The molecule has 3 fully saturated rings. The molecular formula is C36H61N7. The van der Waals surface area contributed by atoms with E-state index in [1.165, 1.54) is 44.1 Å². The third-order valence-corrected chi connectivity index (χ3v) is 11.4. The number of nitrogens with one attached hydrogen (secondary N) is 1. The van der Waals surface area contributed by atoms with E-state index in [9.17, 15) is 5.41 Å². The van der Waals surface area contributed by atoms with Crippen molar-refractivity contribution in [3.8, 4) is 0 Å². The summed E-state index contributed by atoms with van der Waals surface area (Å²) in [5, 5.41) is 9.69. The summed E-state index contributed by atoms with van der Waals surface area (Å²) in [6, 6.07) is 12.2. The molecule has 0 radical (unpaired) electrons. The minimum Gasteiger partial charge on any atom is -0.370 e. The van der Waals surface area contributed by atoms with Crippen molar-refractivity contribution < 1.29 is 0 Å². The van der Waals surface area contributed by atoms with Gasteiger partial charge in [0.2, 0.25) is 0 Å². The molecule has 1 aromatic carbocycles. The van der Waals surface area contributed by atoms with E-state index in [-0.39, 0.29) is 6.17 Å². The summed E-state index contributed by atoms with van der Waals surface area (Å²) in [4.78, 5) is 14.8. The Bertz CT molecular complexity index is 1080. The van der Waals surface area contributed by atoms with Gasteiger partial charge in [-0.3, -0.25) is 15.3 Å². The van der Waals surface area contributed by atoms with E-state index < -0.39 is 0 Å². The van der Waals surface area contributed by atoms with Crippen LogP contribution in [0, 0.1) is 34.5 Å². The molecule has 4 aliphatic rings. The molecule has 0 aromatic heterocycles. The summed E-state index contributed by atoms with van der Waals surface area (Å²) in [5.74, 6) is 4.02. The fraction of sp³-hybridized carbons (Fsp3) is 0.778. The quantitative estimate of drug-likeness (QED) is 0.344. The van der Waals surface area contributed by atoms with Gasteiger partial charge in [-0.2, -0.15) is 0 Å². The molecule has 1 aromatic rings. The number of rotatable bonds is 10. The van der Waals surface area contributed by atoms with Crippen LogP contribution in [0.4, 0.5) is 0 Å². The number of aliphatic imine (C=N–C) groups is 1. The highest BCUT2D eigenvalue weighted by Crippen LogP contribution is 2.41. The maximum atomic E-state index is 9.69. The summed E-state index contributed by atoms with van der Waals surface area (Å²) >= 11 is 0. The Balaban J connectivity index is 1.36. The average Bonchev–Trinajstić information content (AvgIpc) is 3.66. The van der Waals surface area contributed by atoms with Crippen LogP contribution >= 0.6 is 0 Å². The van der Waals surface area contributed by atoms with Crippen LogP contribution in [0.3, 0.4) is 0 Å². The van der Waals surface area contributed by atoms with Crippen LogP contribution in [0.2, 0.25) is 0 Å². The lowest BCUT2D eigenvalue weighted by molar-refractivity contribution is 0.0669. The molecule has 5 rings (SSSR count). The van der Waals surface area contributed by atoms with Gasteiger partial charge in [-0.25, -0.2) is 0 Å². The second-order valence-electron chi connectivity index (χ2n) is 15.9. The molecule has 7 nitrogen and oxygen atoms in total. The molecule has 7 heteroatoms. The van der Waals surface area contributed by atoms with Gasteiger partial charge in [-0.05, 0) is 73.2 Å². The molecule has 0 bridgehead atoms. The van der Waals surface area contributed by atoms with Crippen LogP contribution in [0.5, 0.6) is 0 Å². The molecule has 2 saturated heterocycles. The third kappa shape index (κ3) is 7.18. The fourth-order valence-corrected chi connectivity index (χ4v) is 8.50. The number of nitrogens with two attached hydrogens (primary N) is 1. The Kier molecular flexibility index (Phi) is 9.99. The van der Waals surface area contributed by atoms with Crippen LogP contribution < -0.4 is 5.73 Å². The molecule has 4 atom stereocenters. The minimum absolute atomic E-state index is 0.170. The van der Waals surface area contributed by atoms with Crippen LogP contribution in [0.25, 0.3) is 0 Å². The third-order valence-electron chi connectivity index (χ3n) is 11.4. The molecule has 43 heavy (non-hydrogen) atoms. The Morgan fingerprint density at radius 2 is 1.58 bits per heavy atom. The first-order valence-corrected chi connectivity index (χ1v) is 17.4. The average molecular weight is 592 g/mol. The molecule has 0 unspecified atom stereocenters. The van der Waals surface area contributed by atoms with Crippen molar-refractivity contribution in [1.82, 2.24) is 19.6 Å². The van der Waals surface area contributed by atoms with Gasteiger partial charge in [0.15, 0.2) is 11.9 Å². The van der Waals surface area contributed by atoms with E-state index in [1.807, 2.05) is 0 Å². The monoisotopic (exact) mass is 591 g/mol. The summed E-state index contributed by atoms with van der Waals surface area (Å²) in [6.07, 6.45) is 8.74. The standard InChI is InChI=1S/C36H61N7/c1-25(2)31-21-39-34(37)41(31)23-30-14-11-19-40(30)33(20-27-12-9-8-10-13-27)43-24-32(26(3)4)42(35(43)38)22-28-15-17-29(18-16-28)36(5,6)7/h8-10,12-13,25-26,28-33,38H,11,14-24H2,1-7H3,(H2,37,39)/t28?,29?,30-,31-,32-,33+/m0/s1. The largest absolute Gasteiger partial charge is 0.370 e. The van der Waals surface area contributed by atoms with Crippen LogP contribution in [0.15, 0.2) is 35.3 Å². The van der Waals surface area contributed by atoms with E-state index in [1.54, 1.807) is 0 Å². The van der Waals surface area contributed by atoms with Crippen molar-refractivity contribution >= 4 is 11.9 Å². The predicted octanol–water partition coefficient (Wildman–Crippen LogP) is 6.10. The topological polar surface area (TPSA) is 75.2 Å². The lowest BCUT2D eigenvalue weighted by Crippen LogP contribution is -2.57. The van der Waals surface area contributed by atoms with Crippen LogP contribution in [0.1, 0.15) is 92.6 Å². The Labute approximate surface area is 262 Å². The second kappa shape index (κ2) is 13.4. The minimum atomic E-state index is 0.170. The first kappa shape index (κ1) is 32.1. The van der Waals surface area contributed by atoms with Crippen molar-refractivity contribution in [3.63, 3.8) is 0 Å². The van der Waals surface area contributed by atoms with E-state index in [0.717, 1.165) is 51.0 Å². The molecule has 240 valence electrons. The van der Waals surface area contributed by atoms with Crippen molar-refractivity contribution in [1.29, 1.82) is 5.41 Å². The summed E-state index contributed by atoms with van der Waals surface area (Å²) in [7, 11) is 0. The maximum Gasteiger partial charge on any atom is 0.195 e. The van der Waals surface area contributed by atoms with E-state index >= 15 is 0 Å². The number of hydrogen-bond donors (Lipinski definition) is 2. The maximum absolute atomic E-state index is 9.69. The van der Waals surface area contributed by atoms with Gasteiger partial charge in [-0.1, -0.05) is 78.8 Å². The SMILES string of the molecule is CC(C)[C@@H]1CN([C@H](Cc2ccccc2)N2CCC[C@H]2CN2C(N)=NC[C@H]2C(C)C)C(=N)N1CC1CCC(C(C)(C)C)CC1. The smallest absolute Gasteiger partial charge is 0.195 e. The highest BCUT2D eigenvalue weighted by molar-refractivity contribution is 5.80. The van der Waals surface area contributed by atoms with Gasteiger partial charge in [0.25, 0.3) is 0 Å². The van der Waals surface area contributed by atoms with Gasteiger partial charge in [0, 0.05) is 38.6 Å². The molecule has 0 spiro atoms. The van der Waals surface area contributed by atoms with Crippen molar-refractivity contribution in [2.45, 2.75) is 118 Å². The first-order valence-electron chi connectivity index (χ1n) is 17.4.